The monoisotopic (exact) mass is 1440 g/mol. The van der Waals surface area contributed by atoms with Crippen molar-refractivity contribution in [3.63, 3.8) is 0 Å². The second-order valence-electron chi connectivity index (χ2n) is 25.2. The second-order valence-corrected chi connectivity index (χ2v) is 25.2. The molecule has 12 heterocycles. The quantitative estimate of drug-likeness (QED) is 0.0448. The number of ketones is 1. The SMILES string of the molecule is CCCNC(=O)c1cn(Cc2cc(F)c(C)nc2OC)c2cccnc12.CCCNC(=O)c1cn(Cc2ncnc(OC)c2C)c2cc(C)cnc12.COc1ncc(C)cc1Cn1cc(C(=O)CCCF)c2ncc(C)cc21.COc1ncnc(Cn2cc(C(=O)NC[C@H](C)F)c3ncc(C)cc32)c1C. The third kappa shape index (κ3) is 18.8. The van der Waals surface area contributed by atoms with Gasteiger partial charge in [0, 0.05) is 104 Å². The number of ether oxygens (including phenoxy) is 4. The molecule has 12 aromatic heterocycles. The van der Waals surface area contributed by atoms with Crippen LogP contribution in [0.15, 0.2) is 111 Å². The zero-order chi connectivity index (χ0) is 75.6. The van der Waals surface area contributed by atoms with E-state index in [9.17, 15) is 32.3 Å². The minimum atomic E-state index is -1.12. The molecule has 0 bridgehead atoms. The van der Waals surface area contributed by atoms with Gasteiger partial charge in [-0.2, -0.15) is 0 Å². The van der Waals surface area contributed by atoms with E-state index in [-0.39, 0.29) is 48.6 Å². The number of carbonyl (C=O) groups excluding carboxylic acids is 4. The molecular weight excluding hydrogens is 1350 g/mol. The van der Waals surface area contributed by atoms with Crippen LogP contribution >= 0.6 is 0 Å². The fourth-order valence-electron chi connectivity index (χ4n) is 11.7. The molecule has 0 saturated carbocycles. The van der Waals surface area contributed by atoms with Gasteiger partial charge < -0.3 is 53.2 Å². The molecule has 3 amide bonds. The Balaban J connectivity index is 0.000000162. The summed E-state index contributed by atoms with van der Waals surface area (Å²) in [5, 5.41) is 8.39. The first-order valence-electron chi connectivity index (χ1n) is 34.3. The molecule has 105 heavy (non-hydrogen) atoms. The van der Waals surface area contributed by atoms with Crippen molar-refractivity contribution in [3.8, 4) is 23.5 Å². The van der Waals surface area contributed by atoms with Crippen molar-refractivity contribution in [2.24, 2.45) is 0 Å². The maximum Gasteiger partial charge on any atom is 0.255 e. The van der Waals surface area contributed by atoms with Crippen LogP contribution in [0.4, 0.5) is 13.2 Å². The normalized spacial score (nSPS) is 11.3. The number of halogens is 3. The van der Waals surface area contributed by atoms with Crippen LogP contribution in [-0.2, 0) is 26.2 Å². The van der Waals surface area contributed by atoms with Crippen molar-refractivity contribution >= 4 is 67.6 Å². The number of nitrogens with one attached hydrogen (secondary N) is 3. The van der Waals surface area contributed by atoms with Crippen molar-refractivity contribution in [1.82, 2.24) is 84.1 Å². The summed E-state index contributed by atoms with van der Waals surface area (Å²) in [6.07, 6.45) is 19.7. The number of rotatable bonds is 25. The van der Waals surface area contributed by atoms with Crippen molar-refractivity contribution < 1.29 is 51.3 Å². The summed E-state index contributed by atoms with van der Waals surface area (Å²) in [5.74, 6) is 0.890. The van der Waals surface area contributed by atoms with Gasteiger partial charge in [0.05, 0.1) is 128 Å². The molecule has 12 aromatic rings. The highest BCUT2D eigenvalue weighted by atomic mass is 19.1. The Morgan fingerprint density at radius 3 is 1.38 bits per heavy atom. The lowest BCUT2D eigenvalue weighted by molar-refractivity contribution is 0.0939. The fraction of sp³-hybridized carbons (Fsp3) is 0.351. The van der Waals surface area contributed by atoms with Crippen molar-refractivity contribution in [1.29, 1.82) is 0 Å². The Morgan fingerprint density at radius 1 is 0.495 bits per heavy atom. The van der Waals surface area contributed by atoms with E-state index >= 15 is 0 Å². The molecule has 550 valence electrons. The smallest absolute Gasteiger partial charge is 0.255 e. The molecule has 0 radical (unpaired) electrons. The van der Waals surface area contributed by atoms with Gasteiger partial charge >= 0.3 is 0 Å². The predicted octanol–water partition coefficient (Wildman–Crippen LogP) is 12.3. The van der Waals surface area contributed by atoms with Crippen molar-refractivity contribution in [2.45, 2.75) is 127 Å². The highest BCUT2D eigenvalue weighted by Crippen LogP contribution is 2.30. The van der Waals surface area contributed by atoms with E-state index in [4.69, 9.17) is 18.9 Å². The molecular formula is C77H88F3N17O8. The highest BCUT2D eigenvalue weighted by molar-refractivity contribution is 6.08. The number of nitrogens with zero attached hydrogens (tertiary/aromatic N) is 14. The first kappa shape index (κ1) is 77.4. The van der Waals surface area contributed by atoms with E-state index < -0.39 is 18.7 Å². The number of Topliss-reactive ketones (excluding diaryl/α,β-unsaturated/α-hetero) is 1. The molecule has 0 aliphatic carbocycles. The molecule has 0 aliphatic heterocycles. The third-order valence-corrected chi connectivity index (χ3v) is 17.0. The molecule has 0 unspecified atom stereocenters. The summed E-state index contributed by atoms with van der Waals surface area (Å²) in [7, 11) is 6.24. The zero-order valence-electron chi connectivity index (χ0n) is 61.6. The number of aromatic nitrogens is 14. The number of pyridine rings is 6. The Labute approximate surface area is 606 Å². The third-order valence-electron chi connectivity index (χ3n) is 17.0. The topological polar surface area (TPSA) is 290 Å². The molecule has 28 heteroatoms. The van der Waals surface area contributed by atoms with Gasteiger partial charge in [-0.15, -0.1) is 0 Å². The first-order valence-corrected chi connectivity index (χ1v) is 34.3. The van der Waals surface area contributed by atoms with Crippen LogP contribution in [0, 0.1) is 54.3 Å². The molecule has 1 atom stereocenters. The molecule has 0 fully saturated rings. The predicted molar refractivity (Wildman–Crippen MR) is 395 cm³/mol. The zero-order valence-corrected chi connectivity index (χ0v) is 61.6. The van der Waals surface area contributed by atoms with E-state index in [0.29, 0.717) is 113 Å². The van der Waals surface area contributed by atoms with Gasteiger partial charge in [-0.25, -0.2) is 38.7 Å². The summed E-state index contributed by atoms with van der Waals surface area (Å²) in [6.45, 7) is 21.1. The maximum atomic E-state index is 14.0. The number of carbonyl (C=O) groups is 4. The number of fused-ring (bicyclic) bond motifs is 4. The van der Waals surface area contributed by atoms with Crippen LogP contribution < -0.4 is 34.9 Å². The molecule has 0 aromatic carbocycles. The Kier molecular flexibility index (Phi) is 26.5. The van der Waals surface area contributed by atoms with Gasteiger partial charge in [-0.3, -0.25) is 43.5 Å². The van der Waals surface area contributed by atoms with Gasteiger partial charge in [0.2, 0.25) is 23.5 Å². The van der Waals surface area contributed by atoms with Gasteiger partial charge in [0.15, 0.2) is 5.78 Å². The summed E-state index contributed by atoms with van der Waals surface area (Å²) in [4.78, 5) is 93.1. The lowest BCUT2D eigenvalue weighted by atomic mass is 10.1. The van der Waals surface area contributed by atoms with E-state index in [1.165, 1.54) is 32.8 Å². The average Bonchev–Trinajstić information content (AvgIpc) is 1.66. The second kappa shape index (κ2) is 35.9. The van der Waals surface area contributed by atoms with Gasteiger partial charge in [-0.1, -0.05) is 13.8 Å². The summed E-state index contributed by atoms with van der Waals surface area (Å²) < 4.78 is 68.5. The van der Waals surface area contributed by atoms with E-state index in [0.717, 1.165) is 85.2 Å². The highest BCUT2D eigenvalue weighted by Gasteiger charge is 2.24. The van der Waals surface area contributed by atoms with Crippen molar-refractivity contribution in [3.05, 3.63) is 201 Å². The molecule has 12 rings (SSSR count). The number of amides is 3. The lowest BCUT2D eigenvalue weighted by Gasteiger charge is -2.11. The lowest BCUT2D eigenvalue weighted by Crippen LogP contribution is -2.28. The molecule has 0 aliphatic rings. The fourth-order valence-corrected chi connectivity index (χ4v) is 11.7. The number of hydrogen-bond donors (Lipinski definition) is 3. The largest absolute Gasteiger partial charge is 0.481 e. The van der Waals surface area contributed by atoms with Crippen LogP contribution in [0.25, 0.3) is 44.1 Å². The maximum absolute atomic E-state index is 14.0. The Bertz CT molecular complexity index is 5090. The number of aryl methyl sites for hydroxylation is 5. The van der Waals surface area contributed by atoms with Crippen LogP contribution in [0.5, 0.6) is 23.5 Å². The molecule has 0 spiro atoms. The number of hydrogen-bond acceptors (Lipinski definition) is 18. The Hall–Kier alpha value is -11.7. The molecule has 3 N–H and O–H groups in total. The molecule has 0 saturated heterocycles. The number of alkyl halides is 2. The first-order chi connectivity index (χ1) is 50.5. The minimum Gasteiger partial charge on any atom is -0.481 e. The minimum absolute atomic E-state index is 0.0421. The van der Waals surface area contributed by atoms with Gasteiger partial charge in [-0.05, 0) is 139 Å². The Morgan fingerprint density at radius 2 is 0.914 bits per heavy atom. The molecule has 25 nitrogen and oxygen atoms in total. The van der Waals surface area contributed by atoms with Gasteiger partial charge in [0.1, 0.15) is 41.2 Å². The summed E-state index contributed by atoms with van der Waals surface area (Å²) >= 11 is 0. The van der Waals surface area contributed by atoms with Crippen molar-refractivity contribution in [2.75, 3.05) is 54.7 Å². The standard InChI is InChI=1S/C20H22FN3O2.C19H22FN5O2.C19H21FN4O2.C19H23N5O2/c1-13-7-15(20(26-3)23-10-13)11-24-12-16(18(25)5-4-6-21)19-17(24)8-14(2)9-22-19;1-11-5-16-17(21-6-11)14(18(26)22-7-12(2)20)8-25(16)9-15-13(3)19(27-4)24-10-23-15;1-4-7-22-18(25)14-11-24(16-6-5-8-21-17(14)16)10-13-9-15(20)12(2)23-19(13)26-3;1-5-6-20-18(25)14-9-24(16-7-12(2)8-21-17(14)16)10-15-13(3)19(26-4)23-11-22-15/h7-10,12H,4-6,11H2,1-3H3;5-6,8,10,12H,7,9H2,1-4H3,(H,22,26);5-6,8-9,11H,4,7,10H2,1-3H3,(H,22,25);7-9,11H,5-6,10H2,1-4H3,(H,20,25)/t;12-;;/m.0../s1. The van der Waals surface area contributed by atoms with E-state index in [1.54, 1.807) is 83.9 Å². The van der Waals surface area contributed by atoms with Gasteiger partial charge in [0.25, 0.3) is 17.7 Å². The number of methoxy groups -OCH3 is 4. The average molecular weight is 1440 g/mol. The summed E-state index contributed by atoms with van der Waals surface area (Å²) in [6, 6.07) is 13.1. The van der Waals surface area contributed by atoms with Crippen LogP contribution in [0.3, 0.4) is 0 Å². The van der Waals surface area contributed by atoms with E-state index in [2.05, 4.69) is 65.8 Å². The van der Waals surface area contributed by atoms with Crippen LogP contribution in [0.2, 0.25) is 0 Å². The summed E-state index contributed by atoms with van der Waals surface area (Å²) in [5.41, 5.74) is 17.1. The van der Waals surface area contributed by atoms with E-state index in [1.807, 2.05) is 110 Å². The van der Waals surface area contributed by atoms with Crippen LogP contribution in [-0.4, -0.2) is 153 Å². The van der Waals surface area contributed by atoms with Crippen LogP contribution in [0.1, 0.15) is 149 Å².